The van der Waals surface area contributed by atoms with Crippen molar-refractivity contribution in [3.05, 3.63) is 116 Å². The minimum atomic E-state index is -0.261. The maximum absolute atomic E-state index is 12.5. The second-order valence-corrected chi connectivity index (χ2v) is 12.1. The quantitative estimate of drug-likeness (QED) is 0.0814. The topological polar surface area (TPSA) is 191 Å². The van der Waals surface area contributed by atoms with Gasteiger partial charge in [-0.05, 0) is 55.2 Å². The van der Waals surface area contributed by atoms with Crippen LogP contribution in [0.4, 0.5) is 11.4 Å². The van der Waals surface area contributed by atoms with E-state index in [4.69, 9.17) is 10.5 Å². The highest BCUT2D eigenvalue weighted by Crippen LogP contribution is 2.18. The summed E-state index contributed by atoms with van der Waals surface area (Å²) in [5.41, 5.74) is 12.9. The van der Waals surface area contributed by atoms with E-state index >= 15 is 0 Å². The maximum atomic E-state index is 12.5. The Balaban J connectivity index is 0.000000205. The van der Waals surface area contributed by atoms with Crippen molar-refractivity contribution in [2.24, 2.45) is 14.1 Å². The first-order chi connectivity index (χ1) is 24.6. The molecule has 266 valence electrons. The molecule has 0 atom stereocenters. The van der Waals surface area contributed by atoms with Crippen molar-refractivity contribution in [2.75, 3.05) is 17.7 Å². The molecule has 0 saturated carbocycles. The molecule has 0 fully saturated rings. The van der Waals surface area contributed by atoms with Crippen molar-refractivity contribution in [1.29, 1.82) is 0 Å². The molecule has 51 heavy (non-hydrogen) atoms. The Hall–Kier alpha value is -6.05. The molecule has 6 rings (SSSR count). The molecule has 4 heterocycles. The number of H-pyrrole nitrogens is 2. The first-order valence-corrected chi connectivity index (χ1v) is 17.0. The van der Waals surface area contributed by atoms with Gasteiger partial charge in [0.05, 0.1) is 24.3 Å². The van der Waals surface area contributed by atoms with Crippen molar-refractivity contribution < 1.29 is 9.53 Å². The molecule has 0 aliphatic heterocycles. The number of carbonyl (C=O) groups excluding carboxylic acids is 1. The summed E-state index contributed by atoms with van der Waals surface area (Å²) in [5, 5.41) is 11.6. The van der Waals surface area contributed by atoms with Crippen LogP contribution in [-0.2, 0) is 49.3 Å². The number of nitrogens with one attached hydrogen (secondary N) is 3. The van der Waals surface area contributed by atoms with Gasteiger partial charge in [-0.3, -0.25) is 23.7 Å². The fourth-order valence-corrected chi connectivity index (χ4v) is 5.68. The predicted octanol–water partition coefficient (Wildman–Crippen LogP) is 4.47. The molecular formula is C37H44N10O4. The Kier molecular flexibility index (Phi) is 11.8. The Morgan fingerprint density at radius 2 is 1.25 bits per heavy atom. The zero-order valence-corrected chi connectivity index (χ0v) is 29.6. The van der Waals surface area contributed by atoms with Crippen LogP contribution in [-0.4, -0.2) is 52.0 Å². The first-order valence-electron chi connectivity index (χ1n) is 17.0. The van der Waals surface area contributed by atoms with E-state index in [1.54, 1.807) is 23.5 Å². The zero-order chi connectivity index (χ0) is 36.5. The standard InChI is InChI=1S/C21H25N5O3.C16H19N5O/c1-4-6-16-19-20(26(3)25-16)21(28)24-17(23-19)13-14-7-9-15(10-8-14)22-18(27)11-12-29-5-2;1-3-4-12-14-15(21(2)20-12)16(22)19-13(18-14)9-10-5-7-11(17)8-6-10/h7-12H,4-6,13H2,1-3H3,(H,22,27)(H,23,24,28);5-8H,3-4,9,17H2,1-2H3,(H,18,19,22)/b12-11+;. The summed E-state index contributed by atoms with van der Waals surface area (Å²) < 4.78 is 8.21. The van der Waals surface area contributed by atoms with Crippen molar-refractivity contribution in [1.82, 2.24) is 39.5 Å². The Bertz CT molecular complexity index is 2260. The summed E-state index contributed by atoms with van der Waals surface area (Å²) in [6.07, 6.45) is 7.23. The molecule has 6 aromatic rings. The summed E-state index contributed by atoms with van der Waals surface area (Å²) in [4.78, 5) is 51.5. The zero-order valence-electron chi connectivity index (χ0n) is 29.6. The van der Waals surface area contributed by atoms with Gasteiger partial charge in [-0.2, -0.15) is 10.2 Å². The van der Waals surface area contributed by atoms with Gasteiger partial charge in [0.1, 0.15) is 22.7 Å². The van der Waals surface area contributed by atoms with E-state index in [0.717, 1.165) is 53.9 Å². The third-order valence-electron chi connectivity index (χ3n) is 8.02. The molecule has 0 unspecified atom stereocenters. The van der Waals surface area contributed by atoms with Gasteiger partial charge in [0.2, 0.25) is 0 Å². The average molecular weight is 693 g/mol. The molecule has 4 aromatic heterocycles. The number of nitrogens with two attached hydrogens (primary N) is 1. The van der Waals surface area contributed by atoms with Crippen LogP contribution in [0.5, 0.6) is 0 Å². The molecule has 2 aromatic carbocycles. The van der Waals surface area contributed by atoms with E-state index in [2.05, 4.69) is 49.3 Å². The van der Waals surface area contributed by atoms with Gasteiger partial charge in [-0.1, -0.05) is 51.0 Å². The number of aryl methyl sites for hydroxylation is 4. The fourth-order valence-electron chi connectivity index (χ4n) is 5.68. The molecule has 14 heteroatoms. The molecule has 14 nitrogen and oxygen atoms in total. The SMILES string of the molecule is CCCc1nn(C)c2c(=O)[nH]c(Cc3ccc(N)cc3)nc12.CCCc1nn(C)c2c(=O)[nH]c(Cc3ccc(NC(=O)/C=C/OCC)cc3)nc12. The number of rotatable bonds is 12. The van der Waals surface area contributed by atoms with E-state index in [0.29, 0.717) is 58.9 Å². The molecule has 0 spiro atoms. The number of fused-ring (bicyclic) bond motifs is 2. The van der Waals surface area contributed by atoms with E-state index in [1.165, 1.54) is 12.3 Å². The van der Waals surface area contributed by atoms with Crippen LogP contribution in [0.1, 0.15) is 67.8 Å². The molecular weight excluding hydrogens is 648 g/mol. The highest BCUT2D eigenvalue weighted by molar-refractivity contribution is 5.99. The lowest BCUT2D eigenvalue weighted by atomic mass is 10.1. The van der Waals surface area contributed by atoms with Gasteiger partial charge >= 0.3 is 0 Å². The average Bonchev–Trinajstić information content (AvgIpc) is 3.59. The van der Waals surface area contributed by atoms with Gasteiger partial charge in [-0.15, -0.1) is 0 Å². The molecule has 0 bridgehead atoms. The van der Waals surface area contributed by atoms with Gasteiger partial charge in [0.25, 0.3) is 17.0 Å². The summed E-state index contributed by atoms with van der Waals surface area (Å²) >= 11 is 0. The summed E-state index contributed by atoms with van der Waals surface area (Å²) in [5.74, 6) is 0.972. The maximum Gasteiger partial charge on any atom is 0.277 e. The smallest absolute Gasteiger partial charge is 0.277 e. The van der Waals surface area contributed by atoms with E-state index < -0.39 is 0 Å². The number of aromatic nitrogens is 8. The number of hydrogen-bond donors (Lipinski definition) is 4. The second kappa shape index (κ2) is 16.6. The molecule has 1 amide bonds. The second-order valence-electron chi connectivity index (χ2n) is 12.1. The molecule has 0 aliphatic rings. The number of hydrogen-bond acceptors (Lipinski definition) is 9. The highest BCUT2D eigenvalue weighted by Gasteiger charge is 2.16. The summed E-state index contributed by atoms with van der Waals surface area (Å²) in [6.45, 7) is 6.52. The van der Waals surface area contributed by atoms with Gasteiger partial charge in [-0.25, -0.2) is 9.97 Å². The van der Waals surface area contributed by atoms with E-state index in [9.17, 15) is 14.4 Å². The van der Waals surface area contributed by atoms with Crippen LogP contribution < -0.4 is 22.2 Å². The third kappa shape index (κ3) is 8.95. The minimum Gasteiger partial charge on any atom is -0.501 e. The van der Waals surface area contributed by atoms with Crippen LogP contribution in [0, 0.1) is 0 Å². The van der Waals surface area contributed by atoms with Crippen LogP contribution >= 0.6 is 0 Å². The van der Waals surface area contributed by atoms with Gasteiger partial charge in [0, 0.05) is 44.4 Å². The Morgan fingerprint density at radius 3 is 1.71 bits per heavy atom. The molecule has 5 N–H and O–H groups in total. The molecule has 0 radical (unpaired) electrons. The van der Waals surface area contributed by atoms with Crippen LogP contribution in [0.3, 0.4) is 0 Å². The van der Waals surface area contributed by atoms with Crippen LogP contribution in [0.25, 0.3) is 22.1 Å². The largest absolute Gasteiger partial charge is 0.501 e. The summed E-state index contributed by atoms with van der Waals surface area (Å²) in [7, 11) is 3.53. The van der Waals surface area contributed by atoms with Crippen LogP contribution in [0.2, 0.25) is 0 Å². The number of aromatic amines is 2. The number of amides is 1. The van der Waals surface area contributed by atoms with Crippen molar-refractivity contribution in [2.45, 2.75) is 59.3 Å². The van der Waals surface area contributed by atoms with E-state index in [-0.39, 0.29) is 17.0 Å². The third-order valence-corrected chi connectivity index (χ3v) is 8.02. The number of carbonyl (C=O) groups is 1. The lowest BCUT2D eigenvalue weighted by Gasteiger charge is -2.05. The fraction of sp³-hybridized carbons (Fsp3) is 0.324. The monoisotopic (exact) mass is 692 g/mol. The minimum absolute atomic E-state index is 0.146. The Labute approximate surface area is 294 Å². The first kappa shape index (κ1) is 36.2. The predicted molar refractivity (Wildman–Crippen MR) is 199 cm³/mol. The lowest BCUT2D eigenvalue weighted by Crippen LogP contribution is -2.14. The number of nitrogen functional groups attached to an aromatic ring is 1. The number of nitrogens with zero attached hydrogens (tertiary/aromatic N) is 6. The van der Waals surface area contributed by atoms with Crippen LogP contribution in [0.15, 0.2) is 70.5 Å². The van der Waals surface area contributed by atoms with Crippen molar-refractivity contribution in [3.63, 3.8) is 0 Å². The van der Waals surface area contributed by atoms with Gasteiger partial charge in [0.15, 0.2) is 11.0 Å². The molecule has 0 saturated heterocycles. The number of anilines is 2. The van der Waals surface area contributed by atoms with E-state index in [1.807, 2.05) is 55.5 Å². The number of benzene rings is 2. The summed E-state index contributed by atoms with van der Waals surface area (Å²) in [6, 6.07) is 15.0. The molecule has 0 aliphatic carbocycles. The Morgan fingerprint density at radius 1 is 0.784 bits per heavy atom. The number of ether oxygens (including phenoxy) is 1. The lowest BCUT2D eigenvalue weighted by molar-refractivity contribution is -0.112. The van der Waals surface area contributed by atoms with Gasteiger partial charge < -0.3 is 25.8 Å². The highest BCUT2D eigenvalue weighted by atomic mass is 16.5. The van der Waals surface area contributed by atoms with Crippen molar-refractivity contribution in [3.8, 4) is 0 Å². The normalized spacial score (nSPS) is 11.2. The van der Waals surface area contributed by atoms with Crippen molar-refractivity contribution >= 4 is 39.3 Å².